The maximum atomic E-state index is 12.4. The van der Waals surface area contributed by atoms with Crippen molar-refractivity contribution in [2.75, 3.05) is 9.80 Å². The zero-order chi connectivity index (χ0) is 60.2. The molecule has 0 spiro atoms. The minimum Gasteiger partial charge on any atom is -0.504 e. The number of benzene rings is 10. The van der Waals surface area contributed by atoms with Crippen molar-refractivity contribution in [3.63, 3.8) is 0 Å². The van der Waals surface area contributed by atoms with Crippen molar-refractivity contribution < 1.29 is 20.4 Å². The van der Waals surface area contributed by atoms with Gasteiger partial charge in [-0.15, -0.1) is 11.3 Å². The molecule has 88 heavy (non-hydrogen) atoms. The first-order valence-electron chi connectivity index (χ1n) is 30.3. The molecule has 0 saturated carbocycles. The van der Waals surface area contributed by atoms with Crippen molar-refractivity contribution in [1.29, 1.82) is 0 Å². The van der Waals surface area contributed by atoms with Crippen LogP contribution in [-0.4, -0.2) is 25.0 Å². The lowest BCUT2D eigenvalue weighted by Crippen LogP contribution is -2.18. The molecule has 2 heterocycles. The second kappa shape index (κ2) is 23.0. The number of aryl methyl sites for hydroxylation is 2. The number of allylic oxidation sites excluding steroid dienone is 8. The summed E-state index contributed by atoms with van der Waals surface area (Å²) in [7, 11) is 0. The van der Waals surface area contributed by atoms with Gasteiger partial charge in [0.05, 0.1) is 21.3 Å². The molecular formula is C80H65N3O4S. The fourth-order valence-electron chi connectivity index (χ4n) is 13.0. The second-order valence-electron chi connectivity index (χ2n) is 22.5. The summed E-state index contributed by atoms with van der Waals surface area (Å²) in [6.45, 7) is 12.0. The van der Waals surface area contributed by atoms with E-state index in [0.29, 0.717) is 23.9 Å². The zero-order valence-corrected chi connectivity index (χ0v) is 50.0. The fraction of sp³-hybridized carbons (Fsp3) is 0.100. The molecule has 15 rings (SSSR count). The molecule has 7 nitrogen and oxygen atoms in total. The maximum Gasteiger partial charge on any atom is 0.186 e. The van der Waals surface area contributed by atoms with Gasteiger partial charge in [-0.05, 0) is 173 Å². The number of thiophene rings is 1. The van der Waals surface area contributed by atoms with Crippen LogP contribution >= 0.6 is 11.3 Å². The molecular weight excluding hydrogens is 1100 g/mol. The Balaban J connectivity index is 0.00000337. The van der Waals surface area contributed by atoms with Gasteiger partial charge in [0.1, 0.15) is 5.69 Å². The molecule has 0 aliphatic heterocycles. The monoisotopic (exact) mass is 1160 g/mol. The van der Waals surface area contributed by atoms with E-state index >= 15 is 0 Å². The highest BCUT2D eigenvalue weighted by Gasteiger charge is 2.31. The topological polar surface area (TPSA) is 92.3 Å². The Labute approximate surface area is 516 Å². The Morgan fingerprint density at radius 3 is 1.67 bits per heavy atom. The van der Waals surface area contributed by atoms with Crippen LogP contribution in [0.3, 0.4) is 0 Å². The summed E-state index contributed by atoms with van der Waals surface area (Å²) in [4.78, 5) is 4.62. The van der Waals surface area contributed by atoms with E-state index in [2.05, 4.69) is 217 Å². The maximum absolute atomic E-state index is 12.4. The predicted molar refractivity (Wildman–Crippen MR) is 371 cm³/mol. The summed E-state index contributed by atoms with van der Waals surface area (Å²) in [6.07, 6.45) is 19.3. The number of phenols is 4. The molecule has 4 N–H and O–H groups in total. The molecule has 0 bridgehead atoms. The van der Waals surface area contributed by atoms with Crippen molar-refractivity contribution in [3.05, 3.63) is 277 Å². The third-order valence-corrected chi connectivity index (χ3v) is 18.8. The SMILES string of the molecule is C=Cc1ccc(-c2ccc(N(C3=CC=C(c4ccc5c(c4)CC5)CC3)c3cccc(-c4cccc(N(c5ccc(C=C)cc5)c5ccc6c7ccc8c9ccccc9sc8c7n(-c7c(O)c(O)c(C8=CC=CCC8)c(O)c7O)c6c5)c4)c3)cc2)cc1.CC. The first-order chi connectivity index (χ1) is 43.2. The predicted octanol–water partition coefficient (Wildman–Crippen LogP) is 21.8. The highest BCUT2D eigenvalue weighted by molar-refractivity contribution is 7.26. The molecule has 0 amide bonds. The highest BCUT2D eigenvalue weighted by Crippen LogP contribution is 2.55. The number of nitrogens with zero attached hydrogens (tertiary/aromatic N) is 3. The third kappa shape index (κ3) is 9.63. The lowest BCUT2D eigenvalue weighted by Gasteiger charge is -2.31. The molecule has 0 fully saturated rings. The Morgan fingerprint density at radius 1 is 0.443 bits per heavy atom. The number of fused-ring (bicyclic) bond motifs is 8. The summed E-state index contributed by atoms with van der Waals surface area (Å²) in [6, 6.07) is 68.8. The van der Waals surface area contributed by atoms with Crippen LogP contribution in [0.4, 0.5) is 28.4 Å². The van der Waals surface area contributed by atoms with E-state index in [1.807, 2.05) is 54.9 Å². The summed E-state index contributed by atoms with van der Waals surface area (Å²) in [5, 5.41) is 52.5. The Kier molecular flexibility index (Phi) is 14.5. The van der Waals surface area contributed by atoms with Gasteiger partial charge in [-0.25, -0.2) is 0 Å². The second-order valence-corrected chi connectivity index (χ2v) is 23.6. The molecule has 0 radical (unpaired) electrons. The number of aromatic hydroxyl groups is 4. The minimum atomic E-state index is -0.536. The molecule has 12 aromatic rings. The number of hydrogen-bond acceptors (Lipinski definition) is 7. The summed E-state index contributed by atoms with van der Waals surface area (Å²) in [5.74, 6) is -2.07. The largest absolute Gasteiger partial charge is 0.504 e. The van der Waals surface area contributed by atoms with E-state index in [-0.39, 0.29) is 11.3 Å². The Bertz CT molecular complexity index is 4870. The van der Waals surface area contributed by atoms with Gasteiger partial charge in [-0.3, -0.25) is 0 Å². The van der Waals surface area contributed by atoms with E-state index in [9.17, 15) is 20.4 Å². The Morgan fingerprint density at radius 2 is 1.03 bits per heavy atom. The number of phenolic OH excluding ortho intramolecular Hbond substituents is 4. The van der Waals surface area contributed by atoms with Crippen molar-refractivity contribution in [2.45, 2.75) is 52.4 Å². The van der Waals surface area contributed by atoms with E-state index in [4.69, 9.17) is 0 Å². The van der Waals surface area contributed by atoms with Crippen molar-refractivity contribution in [2.24, 2.45) is 0 Å². The van der Waals surface area contributed by atoms with Gasteiger partial charge < -0.3 is 34.8 Å². The average Bonchev–Trinajstić information content (AvgIpc) is 1.55. The molecule has 3 aliphatic rings. The Hall–Kier alpha value is -10.5. The van der Waals surface area contributed by atoms with Gasteiger partial charge in [0.2, 0.25) is 0 Å². The number of aromatic nitrogens is 1. The van der Waals surface area contributed by atoms with Crippen LogP contribution < -0.4 is 9.80 Å². The lowest BCUT2D eigenvalue weighted by atomic mass is 9.84. The van der Waals surface area contributed by atoms with Crippen LogP contribution in [-0.2, 0) is 12.8 Å². The lowest BCUT2D eigenvalue weighted by molar-refractivity contribution is 0.369. The first-order valence-corrected chi connectivity index (χ1v) is 31.1. The van der Waals surface area contributed by atoms with Gasteiger partial charge in [0.15, 0.2) is 23.0 Å². The molecule has 8 heteroatoms. The van der Waals surface area contributed by atoms with Gasteiger partial charge in [-0.1, -0.05) is 191 Å². The smallest absolute Gasteiger partial charge is 0.186 e. The fourth-order valence-corrected chi connectivity index (χ4v) is 14.3. The van der Waals surface area contributed by atoms with E-state index in [1.54, 1.807) is 17.4 Å². The van der Waals surface area contributed by atoms with Crippen molar-refractivity contribution in [1.82, 2.24) is 4.57 Å². The van der Waals surface area contributed by atoms with Gasteiger partial charge >= 0.3 is 0 Å². The van der Waals surface area contributed by atoms with E-state index < -0.39 is 23.0 Å². The number of rotatable bonds is 13. The van der Waals surface area contributed by atoms with E-state index in [1.165, 1.54) is 34.4 Å². The van der Waals surface area contributed by atoms with Crippen LogP contribution in [0, 0.1) is 0 Å². The molecule has 10 aromatic carbocycles. The molecule has 0 saturated heterocycles. The summed E-state index contributed by atoms with van der Waals surface area (Å²) in [5.41, 5.74) is 19.8. The highest BCUT2D eigenvalue weighted by atomic mass is 32.1. The van der Waals surface area contributed by atoms with Crippen molar-refractivity contribution >= 4 is 105 Å². The van der Waals surface area contributed by atoms with Crippen LogP contribution in [0.25, 0.3) is 93.2 Å². The van der Waals surface area contributed by atoms with Gasteiger partial charge in [0, 0.05) is 60.4 Å². The van der Waals surface area contributed by atoms with Crippen LogP contribution in [0.1, 0.15) is 72.9 Å². The number of hydrogen-bond donors (Lipinski definition) is 4. The molecule has 0 atom stereocenters. The van der Waals surface area contributed by atoms with E-state index in [0.717, 1.165) is 118 Å². The molecule has 2 aromatic heterocycles. The summed E-state index contributed by atoms with van der Waals surface area (Å²) < 4.78 is 3.83. The van der Waals surface area contributed by atoms with Crippen LogP contribution in [0.5, 0.6) is 23.0 Å². The average molecular weight is 1160 g/mol. The third-order valence-electron chi connectivity index (χ3n) is 17.6. The van der Waals surface area contributed by atoms with Crippen molar-refractivity contribution in [3.8, 4) is 50.9 Å². The van der Waals surface area contributed by atoms with Gasteiger partial charge in [-0.2, -0.15) is 0 Å². The zero-order valence-electron chi connectivity index (χ0n) is 49.2. The normalized spacial score (nSPS) is 13.5. The quantitative estimate of drug-likeness (QED) is 0.0679. The molecule has 3 aliphatic carbocycles. The molecule has 0 unspecified atom stereocenters. The number of anilines is 5. The first kappa shape index (κ1) is 55.3. The standard InChI is InChI=1S/C78H59N3O4S.C2H6/c1-3-48-20-24-50(25-21-48)51-30-36-60(37-31-51)79(61-38-32-53(33-39-61)58-29-27-52-26-28-57(52)44-58)62-16-10-14-55(45-62)56-15-11-17-63(46-56)80(59-34-22-49(4-2)23-35-59)64-40-41-65-67-42-43-68-66-18-8-9-19-70(66)86-78(68)72(67)81(69(65)47-64)73-76(84)74(82)71(75(83)77(73)85)54-12-6-5-7-13-54;1-2/h3-6,8-12,14-25,27,29-32,34-38,40-47,82-85H,1-2,7,13,26,28,33,39H2;1-2H3. The van der Waals surface area contributed by atoms with Crippen LogP contribution in [0.2, 0.25) is 0 Å². The van der Waals surface area contributed by atoms with Gasteiger partial charge in [0.25, 0.3) is 0 Å². The summed E-state index contributed by atoms with van der Waals surface area (Å²) >= 11 is 1.62. The molecule has 430 valence electrons. The minimum absolute atomic E-state index is 0.0156. The van der Waals surface area contributed by atoms with Crippen LogP contribution in [0.15, 0.2) is 243 Å².